The van der Waals surface area contributed by atoms with Crippen LogP contribution in [0.5, 0.6) is 0 Å². The molecule has 1 amide bonds. The van der Waals surface area contributed by atoms with Gasteiger partial charge in [0.15, 0.2) is 6.17 Å². The molecule has 154 valence electrons. The van der Waals surface area contributed by atoms with E-state index in [0.29, 0.717) is 4.76 Å². The van der Waals surface area contributed by atoms with E-state index in [1.54, 1.807) is 0 Å². The number of aromatic amines is 1. The zero-order valence-electron chi connectivity index (χ0n) is 16.0. The molecule has 10 heteroatoms. The number of nitrogens with one attached hydrogen (secondary N) is 2. The fraction of sp³-hybridized carbons (Fsp3) is 0.400. The van der Waals surface area contributed by atoms with Crippen LogP contribution in [-0.4, -0.2) is 41.0 Å². The van der Waals surface area contributed by atoms with Crippen molar-refractivity contribution in [2.75, 3.05) is 13.1 Å². The van der Waals surface area contributed by atoms with E-state index >= 15 is 0 Å². The number of nitriles is 2. The number of nitroso groups, excluding NO2 is 1. The van der Waals surface area contributed by atoms with Crippen LogP contribution in [0.25, 0.3) is 10.9 Å². The smallest absolute Gasteiger partial charge is 0.253 e. The lowest BCUT2D eigenvalue weighted by Crippen LogP contribution is -2.49. The first kappa shape index (κ1) is 21.1. The molecule has 1 fully saturated rings. The summed E-state index contributed by atoms with van der Waals surface area (Å²) >= 11 is 0. The monoisotopic (exact) mass is 414 g/mol. The normalized spacial score (nSPS) is 21.1. The summed E-state index contributed by atoms with van der Waals surface area (Å²) in [4.78, 5) is 39.2. The van der Waals surface area contributed by atoms with E-state index in [-0.39, 0.29) is 47.1 Å². The van der Waals surface area contributed by atoms with E-state index in [1.807, 2.05) is 12.1 Å². The molecule has 1 aromatic heterocycles. The summed E-state index contributed by atoms with van der Waals surface area (Å²) in [6.07, 6.45) is -2.16. The fourth-order valence-corrected chi connectivity index (χ4v) is 3.67. The van der Waals surface area contributed by atoms with Crippen LogP contribution in [0.3, 0.4) is 0 Å². The third kappa shape index (κ3) is 3.90. The second-order valence-electron chi connectivity index (χ2n) is 7.24. The Bertz CT molecular complexity index is 1180. The van der Waals surface area contributed by atoms with Crippen molar-refractivity contribution < 1.29 is 18.3 Å². The molecular weight excluding hydrogens is 396 g/mol. The van der Waals surface area contributed by atoms with Crippen molar-refractivity contribution in [2.45, 2.75) is 32.0 Å². The summed E-state index contributed by atoms with van der Waals surface area (Å²) in [6, 6.07) is 5.10. The largest absolute Gasteiger partial charge is 0.349 e. The molecule has 0 spiro atoms. The predicted molar refractivity (Wildman–Crippen MR) is 102 cm³/mol. The Kier molecular flexibility index (Phi) is 5.88. The molecule has 1 aliphatic heterocycles. The molecule has 3 unspecified atom stereocenters. The maximum atomic E-state index is 14.2. The number of hydrogen-bond donors (Lipinski definition) is 2. The second kappa shape index (κ2) is 8.37. The number of rotatable bonds is 4. The molecular formula is C20H18F2N5O3+. The molecule has 1 aliphatic rings. The second-order valence-corrected chi connectivity index (χ2v) is 7.24. The fourth-order valence-electron chi connectivity index (χ4n) is 3.67. The lowest BCUT2D eigenvalue weighted by Gasteiger charge is -2.21. The molecule has 2 heterocycles. The quantitative estimate of drug-likeness (QED) is 0.733. The Morgan fingerprint density at radius 1 is 1.40 bits per heavy atom. The van der Waals surface area contributed by atoms with Crippen LogP contribution < -0.4 is 10.9 Å². The third-order valence-corrected chi connectivity index (χ3v) is 5.31. The van der Waals surface area contributed by atoms with Gasteiger partial charge in [-0.05, 0) is 24.6 Å². The van der Waals surface area contributed by atoms with Crippen molar-refractivity contribution >= 4 is 16.8 Å². The molecule has 0 aliphatic carbocycles. The molecule has 30 heavy (non-hydrogen) atoms. The molecule has 0 bridgehead atoms. The number of nitrogens with zero attached hydrogens (tertiary/aromatic N) is 3. The van der Waals surface area contributed by atoms with E-state index in [9.17, 15) is 28.5 Å². The minimum atomic E-state index is -1.58. The number of H-pyrrole nitrogens is 1. The van der Waals surface area contributed by atoms with Crippen molar-refractivity contribution in [3.8, 4) is 12.1 Å². The summed E-state index contributed by atoms with van der Waals surface area (Å²) < 4.78 is 28.6. The predicted octanol–water partition coefficient (Wildman–Crippen LogP) is 1.54. The van der Waals surface area contributed by atoms with Gasteiger partial charge in [-0.1, -0.05) is 0 Å². The van der Waals surface area contributed by atoms with Gasteiger partial charge in [0, 0.05) is 27.0 Å². The molecule has 0 saturated carbocycles. The average molecular weight is 414 g/mol. The first-order valence-electron chi connectivity index (χ1n) is 9.25. The van der Waals surface area contributed by atoms with E-state index in [1.165, 1.54) is 19.1 Å². The highest BCUT2D eigenvalue weighted by atomic mass is 19.1. The molecule has 3 atom stereocenters. The number of halogens is 2. The highest BCUT2D eigenvalue weighted by Crippen LogP contribution is 2.24. The van der Waals surface area contributed by atoms with Gasteiger partial charge in [0.25, 0.3) is 5.56 Å². The molecule has 2 N–H and O–H groups in total. The number of benzene rings is 1. The maximum Gasteiger partial charge on any atom is 0.253 e. The van der Waals surface area contributed by atoms with Crippen LogP contribution in [0.15, 0.2) is 16.9 Å². The van der Waals surface area contributed by atoms with Gasteiger partial charge in [0.1, 0.15) is 17.8 Å². The number of hydrogen-bond acceptors (Lipinski definition) is 5. The molecule has 0 radical (unpaired) electrons. The number of pyridine rings is 1. The lowest BCUT2D eigenvalue weighted by atomic mass is 9.94. The Hall–Kier alpha value is -3.66. The summed E-state index contributed by atoms with van der Waals surface area (Å²) in [6.45, 7) is 1.01. The Labute approximate surface area is 169 Å². The summed E-state index contributed by atoms with van der Waals surface area (Å²) in [7, 11) is 0. The van der Waals surface area contributed by atoms with Gasteiger partial charge >= 0.3 is 0 Å². The van der Waals surface area contributed by atoms with Gasteiger partial charge < -0.3 is 10.3 Å². The van der Waals surface area contributed by atoms with Crippen LogP contribution in [0.2, 0.25) is 0 Å². The number of carbonyl (C=O) groups is 1. The van der Waals surface area contributed by atoms with Gasteiger partial charge in [0.05, 0.1) is 30.1 Å². The molecule has 8 nitrogen and oxygen atoms in total. The molecule has 1 saturated heterocycles. The maximum absolute atomic E-state index is 14.2. The van der Waals surface area contributed by atoms with E-state index in [2.05, 4.69) is 10.3 Å². The highest BCUT2D eigenvalue weighted by Gasteiger charge is 2.43. The van der Waals surface area contributed by atoms with E-state index in [0.717, 1.165) is 0 Å². The van der Waals surface area contributed by atoms with E-state index < -0.39 is 41.8 Å². The minimum Gasteiger partial charge on any atom is -0.349 e. The van der Waals surface area contributed by atoms with Crippen LogP contribution in [0, 0.1) is 46.2 Å². The topological polar surface area (TPSA) is 130 Å². The molecule has 1 aromatic carbocycles. The van der Waals surface area contributed by atoms with Crippen molar-refractivity contribution in [1.29, 1.82) is 10.5 Å². The minimum absolute atomic E-state index is 0.0937. The van der Waals surface area contributed by atoms with Crippen LogP contribution in [-0.2, 0) is 11.2 Å². The molecule has 2 aromatic rings. The van der Waals surface area contributed by atoms with Crippen molar-refractivity contribution in [3.05, 3.63) is 49.9 Å². The lowest BCUT2D eigenvalue weighted by molar-refractivity contribution is -0.605. The van der Waals surface area contributed by atoms with E-state index in [4.69, 9.17) is 5.26 Å². The average Bonchev–Trinajstić information content (AvgIpc) is 2.70. The van der Waals surface area contributed by atoms with Crippen molar-refractivity contribution in [1.82, 2.24) is 10.3 Å². The number of piperidine rings is 1. The third-order valence-electron chi connectivity index (χ3n) is 5.31. The zero-order chi connectivity index (χ0) is 22.0. The van der Waals surface area contributed by atoms with Crippen molar-refractivity contribution in [2.24, 2.45) is 5.92 Å². The Balaban J connectivity index is 1.81. The summed E-state index contributed by atoms with van der Waals surface area (Å²) in [5, 5.41) is 21.0. The van der Waals surface area contributed by atoms with Gasteiger partial charge in [-0.15, -0.1) is 0 Å². The van der Waals surface area contributed by atoms with Crippen LogP contribution in [0.1, 0.15) is 23.1 Å². The van der Waals surface area contributed by atoms with Gasteiger partial charge in [-0.3, -0.25) is 9.59 Å². The number of aryl methyl sites for hydroxylation is 1. The summed E-state index contributed by atoms with van der Waals surface area (Å²) in [5.41, 5.74) is -0.470. The Morgan fingerprint density at radius 2 is 2.13 bits per heavy atom. The standard InChI is InChI=1S/C20H17F2N5O3/c1-10-14(21)2-3-16-19(10)13(7-24)12(20(29)26-16)5-18(28)25-8-17-15(22)4-11(6-23)9-27(17)30/h2-3,11,15,17H,4-5,8-9H2,1H3,(H-,25,26,28,29)/p+1. The number of fused-ring (bicyclic) bond motifs is 1. The highest BCUT2D eigenvalue weighted by molar-refractivity contribution is 5.90. The molecule has 3 rings (SSSR count). The Morgan fingerprint density at radius 3 is 2.77 bits per heavy atom. The van der Waals surface area contributed by atoms with Gasteiger partial charge in [-0.25, -0.2) is 8.78 Å². The van der Waals surface area contributed by atoms with Crippen molar-refractivity contribution in [3.63, 3.8) is 0 Å². The van der Waals surface area contributed by atoms with Gasteiger partial charge in [-0.2, -0.15) is 10.5 Å². The summed E-state index contributed by atoms with van der Waals surface area (Å²) in [5.74, 6) is -1.95. The number of alkyl halides is 1. The van der Waals surface area contributed by atoms with Gasteiger partial charge in [0.2, 0.25) is 18.5 Å². The number of amides is 1. The first-order valence-corrected chi connectivity index (χ1v) is 9.25. The van der Waals surface area contributed by atoms with Crippen LogP contribution >= 0.6 is 0 Å². The van der Waals surface area contributed by atoms with Crippen LogP contribution in [0.4, 0.5) is 8.78 Å². The zero-order valence-corrected chi connectivity index (χ0v) is 16.0. The number of carbonyl (C=O) groups excluding carboxylic acids is 1. The first-order chi connectivity index (χ1) is 14.3. The SMILES string of the molecule is Cc1c(F)ccc2[nH]c(=O)c(CC(=O)NCC3C(F)CC(C#N)C[N+]3=O)c(C#N)c12. The number of aromatic nitrogens is 1.